The van der Waals surface area contributed by atoms with Gasteiger partial charge < -0.3 is 10.4 Å². The van der Waals surface area contributed by atoms with E-state index in [0.717, 1.165) is 4.90 Å². The average Bonchev–Trinajstić information content (AvgIpc) is 3.02. The predicted octanol–water partition coefficient (Wildman–Crippen LogP) is 3.42. The largest absolute Gasteiger partial charge is 0.476 e. The van der Waals surface area contributed by atoms with Crippen LogP contribution in [0.4, 0.5) is 0 Å². The zero-order chi connectivity index (χ0) is 17.5. The third-order valence-electron chi connectivity index (χ3n) is 3.35. The summed E-state index contributed by atoms with van der Waals surface area (Å²) in [7, 11) is 0. The van der Waals surface area contributed by atoms with Gasteiger partial charge in [0.2, 0.25) is 5.91 Å². The smallest absolute Gasteiger partial charge is 0.355 e. The van der Waals surface area contributed by atoms with Gasteiger partial charge in [0.05, 0.1) is 10.8 Å². The molecule has 0 aliphatic rings. The van der Waals surface area contributed by atoms with Crippen molar-refractivity contribution in [2.45, 2.75) is 31.1 Å². The van der Waals surface area contributed by atoms with E-state index in [1.807, 2.05) is 12.1 Å². The van der Waals surface area contributed by atoms with Gasteiger partial charge in [-0.2, -0.15) is 0 Å². The second-order valence-electron chi connectivity index (χ2n) is 5.54. The molecule has 2 rings (SSSR count). The number of nitrogens with zero attached hydrogens (tertiary/aromatic N) is 1. The second-order valence-corrected chi connectivity index (χ2v) is 7.54. The first-order valence-electron chi connectivity index (χ1n) is 7.63. The van der Waals surface area contributed by atoms with Crippen molar-refractivity contribution in [2.24, 2.45) is 0 Å². The zero-order valence-electron chi connectivity index (χ0n) is 13.6. The van der Waals surface area contributed by atoms with E-state index in [2.05, 4.69) is 36.3 Å². The second kappa shape index (κ2) is 8.84. The maximum absolute atomic E-state index is 11.9. The van der Waals surface area contributed by atoms with Crippen LogP contribution in [0.15, 0.2) is 34.5 Å². The number of nitrogens with one attached hydrogen (secondary N) is 1. The van der Waals surface area contributed by atoms with E-state index >= 15 is 0 Å². The molecular formula is C17H20N2O3S2. The highest BCUT2D eigenvalue weighted by atomic mass is 32.2. The highest BCUT2D eigenvalue weighted by Crippen LogP contribution is 2.21. The van der Waals surface area contributed by atoms with Gasteiger partial charge in [0.1, 0.15) is 0 Å². The van der Waals surface area contributed by atoms with Gasteiger partial charge in [0.25, 0.3) is 0 Å². The Morgan fingerprint density at radius 3 is 2.58 bits per heavy atom. The Bertz CT molecular complexity index is 696. The number of aromatic nitrogens is 1. The van der Waals surface area contributed by atoms with Crippen LogP contribution >= 0.6 is 23.1 Å². The summed E-state index contributed by atoms with van der Waals surface area (Å²) in [5, 5.41) is 13.9. The Morgan fingerprint density at radius 1 is 1.29 bits per heavy atom. The van der Waals surface area contributed by atoms with Crippen molar-refractivity contribution >= 4 is 35.0 Å². The van der Waals surface area contributed by atoms with Crippen LogP contribution in [0.25, 0.3) is 0 Å². The van der Waals surface area contributed by atoms with Gasteiger partial charge in [-0.25, -0.2) is 9.78 Å². The molecule has 2 aromatic rings. The molecule has 0 fully saturated rings. The molecule has 0 atom stereocenters. The number of carboxylic acids is 1. The van der Waals surface area contributed by atoms with E-state index in [0.29, 0.717) is 29.6 Å². The van der Waals surface area contributed by atoms with Crippen LogP contribution < -0.4 is 5.32 Å². The van der Waals surface area contributed by atoms with Gasteiger partial charge in [-0.05, 0) is 23.6 Å². The zero-order valence-corrected chi connectivity index (χ0v) is 15.2. The molecule has 0 saturated carbocycles. The molecule has 24 heavy (non-hydrogen) atoms. The molecular weight excluding hydrogens is 344 g/mol. The van der Waals surface area contributed by atoms with Crippen molar-refractivity contribution in [1.29, 1.82) is 0 Å². The molecule has 0 aliphatic heterocycles. The number of thiazole rings is 1. The van der Waals surface area contributed by atoms with E-state index in [9.17, 15) is 9.59 Å². The summed E-state index contributed by atoms with van der Waals surface area (Å²) in [6, 6.07) is 8.26. The number of hydrogen-bond acceptors (Lipinski definition) is 5. The lowest BCUT2D eigenvalue weighted by Crippen LogP contribution is -2.27. The Kier molecular flexibility index (Phi) is 6.81. The lowest BCUT2D eigenvalue weighted by molar-refractivity contribution is -0.118. The molecule has 0 spiro atoms. The SMILES string of the molecule is CC(C)c1ccc(SCC(=O)NCCc2nc(C(=O)O)cs2)cc1. The summed E-state index contributed by atoms with van der Waals surface area (Å²) in [4.78, 5) is 27.7. The fourth-order valence-corrected chi connectivity index (χ4v) is 3.48. The van der Waals surface area contributed by atoms with Crippen molar-refractivity contribution < 1.29 is 14.7 Å². The van der Waals surface area contributed by atoms with Crippen LogP contribution in [-0.4, -0.2) is 34.3 Å². The molecule has 7 heteroatoms. The van der Waals surface area contributed by atoms with Gasteiger partial charge in [-0.3, -0.25) is 4.79 Å². The molecule has 5 nitrogen and oxygen atoms in total. The number of carbonyl (C=O) groups excluding carboxylic acids is 1. The molecule has 128 valence electrons. The van der Waals surface area contributed by atoms with E-state index in [4.69, 9.17) is 5.11 Å². The minimum atomic E-state index is -1.03. The van der Waals surface area contributed by atoms with Crippen molar-refractivity contribution in [3.63, 3.8) is 0 Å². The third kappa shape index (κ3) is 5.65. The molecule has 0 saturated heterocycles. The van der Waals surface area contributed by atoms with Gasteiger partial charge >= 0.3 is 5.97 Å². The lowest BCUT2D eigenvalue weighted by atomic mass is 10.0. The van der Waals surface area contributed by atoms with Gasteiger partial charge in [-0.1, -0.05) is 26.0 Å². The van der Waals surface area contributed by atoms with Crippen molar-refractivity contribution in [3.05, 3.63) is 45.9 Å². The number of amides is 1. The first-order valence-corrected chi connectivity index (χ1v) is 9.49. The normalized spacial score (nSPS) is 10.8. The number of carbonyl (C=O) groups is 2. The van der Waals surface area contributed by atoms with Crippen LogP contribution in [0, 0.1) is 0 Å². The molecule has 0 radical (unpaired) electrons. The Labute approximate surface area is 149 Å². The van der Waals surface area contributed by atoms with Gasteiger partial charge in [-0.15, -0.1) is 23.1 Å². The average molecular weight is 364 g/mol. The fourth-order valence-electron chi connectivity index (χ4n) is 1.98. The summed E-state index contributed by atoms with van der Waals surface area (Å²) < 4.78 is 0. The van der Waals surface area contributed by atoms with Crippen molar-refractivity contribution in [2.75, 3.05) is 12.3 Å². The number of aromatic carboxylic acids is 1. The first kappa shape index (κ1) is 18.5. The first-order chi connectivity index (χ1) is 11.5. The van der Waals surface area contributed by atoms with Crippen LogP contribution in [0.5, 0.6) is 0 Å². The summed E-state index contributed by atoms with van der Waals surface area (Å²) in [6.45, 7) is 4.76. The topological polar surface area (TPSA) is 79.3 Å². The molecule has 1 heterocycles. The monoisotopic (exact) mass is 364 g/mol. The van der Waals surface area contributed by atoms with Gasteiger partial charge in [0, 0.05) is 23.2 Å². The molecule has 1 amide bonds. The molecule has 0 aliphatic carbocycles. The summed E-state index contributed by atoms with van der Waals surface area (Å²) in [5.41, 5.74) is 1.34. The van der Waals surface area contributed by atoms with Crippen LogP contribution in [0.3, 0.4) is 0 Å². The highest BCUT2D eigenvalue weighted by Gasteiger charge is 2.09. The van der Waals surface area contributed by atoms with Crippen molar-refractivity contribution in [1.82, 2.24) is 10.3 Å². The Hall–Kier alpha value is -1.86. The maximum Gasteiger partial charge on any atom is 0.355 e. The maximum atomic E-state index is 11.9. The van der Waals surface area contributed by atoms with Gasteiger partial charge in [0.15, 0.2) is 5.69 Å². The van der Waals surface area contributed by atoms with Crippen molar-refractivity contribution in [3.8, 4) is 0 Å². The third-order valence-corrected chi connectivity index (χ3v) is 5.27. The van der Waals surface area contributed by atoms with E-state index in [-0.39, 0.29) is 11.6 Å². The van der Waals surface area contributed by atoms with E-state index in [1.165, 1.54) is 34.0 Å². The van der Waals surface area contributed by atoms with Crippen LogP contribution in [0.1, 0.15) is 40.8 Å². The lowest BCUT2D eigenvalue weighted by Gasteiger charge is -2.07. The van der Waals surface area contributed by atoms with Crippen LogP contribution in [0.2, 0.25) is 0 Å². The number of thioether (sulfide) groups is 1. The molecule has 1 aromatic carbocycles. The summed E-state index contributed by atoms with van der Waals surface area (Å²) >= 11 is 2.80. The fraction of sp³-hybridized carbons (Fsp3) is 0.353. The molecule has 1 aromatic heterocycles. The molecule has 0 bridgehead atoms. The molecule has 2 N–H and O–H groups in total. The summed E-state index contributed by atoms with van der Waals surface area (Å²) in [5.74, 6) is -0.205. The van der Waals surface area contributed by atoms with E-state index in [1.54, 1.807) is 0 Å². The number of rotatable bonds is 8. The summed E-state index contributed by atoms with van der Waals surface area (Å²) in [6.07, 6.45) is 0.539. The predicted molar refractivity (Wildman–Crippen MR) is 97.0 cm³/mol. The van der Waals surface area contributed by atoms with Crippen LogP contribution in [-0.2, 0) is 11.2 Å². The number of benzene rings is 1. The highest BCUT2D eigenvalue weighted by molar-refractivity contribution is 8.00. The Balaban J connectivity index is 1.70. The molecule has 0 unspecified atom stereocenters. The Morgan fingerprint density at radius 2 is 2.00 bits per heavy atom. The minimum Gasteiger partial charge on any atom is -0.476 e. The van der Waals surface area contributed by atoms with E-state index < -0.39 is 5.97 Å². The minimum absolute atomic E-state index is 0.0389. The quantitative estimate of drug-likeness (QED) is 0.702. The standard InChI is InChI=1S/C17H20N2O3S2/c1-11(2)12-3-5-13(6-4-12)23-10-15(20)18-8-7-16-19-14(9-24-16)17(21)22/h3-6,9,11H,7-8,10H2,1-2H3,(H,18,20)(H,21,22). The number of carboxylic acid groups (broad SMARTS) is 1. The number of hydrogen-bond donors (Lipinski definition) is 2.